The van der Waals surface area contributed by atoms with E-state index in [0.29, 0.717) is 11.6 Å². The Labute approximate surface area is 189 Å². The van der Waals surface area contributed by atoms with Crippen molar-refractivity contribution in [3.05, 3.63) is 40.9 Å². The van der Waals surface area contributed by atoms with Crippen LogP contribution in [0.15, 0.2) is 45.9 Å². The normalized spacial score (nSPS) is 16.2. The molecule has 160 valence electrons. The first-order chi connectivity index (χ1) is 14.5. The predicted octanol–water partition coefficient (Wildman–Crippen LogP) is 3.71. The van der Waals surface area contributed by atoms with Gasteiger partial charge < -0.3 is 15.5 Å². The molecule has 1 saturated heterocycles. The number of piperidine rings is 1. The molecule has 1 unspecified atom stereocenters. The first kappa shape index (κ1) is 22.6. The van der Waals surface area contributed by atoms with Gasteiger partial charge in [-0.15, -0.1) is 10.2 Å². The van der Waals surface area contributed by atoms with Crippen LogP contribution in [0.5, 0.6) is 0 Å². The minimum atomic E-state index is -0.0964. The number of carbonyl (C=O) groups is 2. The van der Waals surface area contributed by atoms with Gasteiger partial charge in [0.25, 0.3) is 0 Å². The zero-order chi connectivity index (χ0) is 21.3. The van der Waals surface area contributed by atoms with Crippen molar-refractivity contribution in [2.45, 2.75) is 31.2 Å². The van der Waals surface area contributed by atoms with Gasteiger partial charge in [-0.05, 0) is 49.6 Å². The molecule has 1 aromatic carbocycles. The maximum absolute atomic E-state index is 12.3. The summed E-state index contributed by atoms with van der Waals surface area (Å²) >= 11 is 4.73. The summed E-state index contributed by atoms with van der Waals surface area (Å²) in [5.74, 6) is 1.04. The standard InChI is InChI=1S/C21H26BrN5O2S/c1-2-10-23-21(29)15-5-4-11-27(13-15)18-8-9-20(26-25-18)30-14-19(28)24-17-7-3-6-16(22)12-17/h3,6-9,12,15H,2,4-5,10-11,13-14H2,1H3,(H,23,29)(H,24,28). The molecule has 1 atom stereocenters. The van der Waals surface area contributed by atoms with Crippen LogP contribution in [-0.2, 0) is 9.59 Å². The van der Waals surface area contributed by atoms with Crippen LogP contribution in [0.25, 0.3) is 0 Å². The molecule has 7 nitrogen and oxygen atoms in total. The Hall–Kier alpha value is -2.13. The Kier molecular flexibility index (Phi) is 8.50. The molecule has 1 aliphatic heterocycles. The minimum absolute atomic E-state index is 0.0112. The number of carbonyl (C=O) groups excluding carboxylic acids is 2. The molecule has 9 heteroatoms. The molecule has 0 saturated carbocycles. The highest BCUT2D eigenvalue weighted by molar-refractivity contribution is 9.10. The molecule has 1 aromatic heterocycles. The molecule has 2 aromatic rings. The second kappa shape index (κ2) is 11.3. The van der Waals surface area contributed by atoms with E-state index in [9.17, 15) is 9.59 Å². The van der Waals surface area contributed by atoms with Gasteiger partial charge in [-0.2, -0.15) is 0 Å². The fraction of sp³-hybridized carbons (Fsp3) is 0.429. The number of thioether (sulfide) groups is 1. The molecule has 2 heterocycles. The second-order valence-electron chi connectivity index (χ2n) is 7.15. The summed E-state index contributed by atoms with van der Waals surface area (Å²) < 4.78 is 0.914. The van der Waals surface area contributed by atoms with Gasteiger partial charge in [-0.25, -0.2) is 0 Å². The first-order valence-corrected chi connectivity index (χ1v) is 11.9. The Morgan fingerprint density at radius 1 is 1.27 bits per heavy atom. The van der Waals surface area contributed by atoms with Crippen LogP contribution in [0, 0.1) is 5.92 Å². The lowest BCUT2D eigenvalue weighted by Crippen LogP contribution is -2.43. The molecule has 30 heavy (non-hydrogen) atoms. The van der Waals surface area contributed by atoms with E-state index in [4.69, 9.17) is 0 Å². The highest BCUT2D eigenvalue weighted by atomic mass is 79.9. The summed E-state index contributed by atoms with van der Waals surface area (Å²) in [6.07, 6.45) is 2.80. The Bertz CT molecular complexity index is 865. The van der Waals surface area contributed by atoms with Gasteiger partial charge in [-0.1, -0.05) is 40.7 Å². The quantitative estimate of drug-likeness (QED) is 0.547. The second-order valence-corrected chi connectivity index (χ2v) is 9.06. The average Bonchev–Trinajstić information content (AvgIpc) is 2.76. The van der Waals surface area contributed by atoms with Crippen molar-refractivity contribution < 1.29 is 9.59 Å². The average molecular weight is 492 g/mol. The van der Waals surface area contributed by atoms with Gasteiger partial charge in [0.1, 0.15) is 5.03 Å². The summed E-state index contributed by atoms with van der Waals surface area (Å²) in [5, 5.41) is 15.1. The van der Waals surface area contributed by atoms with Crippen molar-refractivity contribution in [2.75, 3.05) is 35.6 Å². The van der Waals surface area contributed by atoms with E-state index in [1.807, 2.05) is 43.3 Å². The highest BCUT2D eigenvalue weighted by Gasteiger charge is 2.26. The fourth-order valence-corrected chi connectivity index (χ4v) is 4.27. The van der Waals surface area contributed by atoms with Crippen molar-refractivity contribution in [3.8, 4) is 0 Å². The van der Waals surface area contributed by atoms with Gasteiger partial charge in [0.05, 0.1) is 11.7 Å². The Morgan fingerprint density at radius 2 is 2.13 bits per heavy atom. The molecule has 0 aliphatic carbocycles. The van der Waals surface area contributed by atoms with Gasteiger partial charge >= 0.3 is 0 Å². The van der Waals surface area contributed by atoms with Gasteiger partial charge in [0.2, 0.25) is 11.8 Å². The van der Waals surface area contributed by atoms with Crippen LogP contribution in [0.1, 0.15) is 26.2 Å². The van der Waals surface area contributed by atoms with Crippen molar-refractivity contribution in [1.29, 1.82) is 0 Å². The lowest BCUT2D eigenvalue weighted by Gasteiger charge is -2.32. The molecule has 0 spiro atoms. The molecule has 2 N–H and O–H groups in total. The summed E-state index contributed by atoms with van der Waals surface area (Å²) in [6.45, 7) is 4.29. The third kappa shape index (κ3) is 6.70. The maximum atomic E-state index is 12.3. The van der Waals surface area contributed by atoms with Crippen LogP contribution in [-0.4, -0.2) is 47.4 Å². The Balaban J connectivity index is 1.49. The van der Waals surface area contributed by atoms with Crippen molar-refractivity contribution in [1.82, 2.24) is 15.5 Å². The number of nitrogens with zero attached hydrogens (tertiary/aromatic N) is 3. The molecule has 3 rings (SSSR count). The monoisotopic (exact) mass is 491 g/mol. The lowest BCUT2D eigenvalue weighted by atomic mass is 9.97. The van der Waals surface area contributed by atoms with E-state index in [2.05, 4.69) is 41.7 Å². The zero-order valence-corrected chi connectivity index (χ0v) is 19.3. The number of nitrogens with one attached hydrogen (secondary N) is 2. The number of hydrogen-bond acceptors (Lipinski definition) is 6. The molecular weight excluding hydrogens is 466 g/mol. The van der Waals surface area contributed by atoms with E-state index in [1.165, 1.54) is 11.8 Å². The van der Waals surface area contributed by atoms with E-state index >= 15 is 0 Å². The minimum Gasteiger partial charge on any atom is -0.356 e. The number of anilines is 2. The summed E-state index contributed by atoms with van der Waals surface area (Å²) in [4.78, 5) is 26.5. The van der Waals surface area contributed by atoms with E-state index in [1.54, 1.807) is 0 Å². The van der Waals surface area contributed by atoms with Crippen LogP contribution < -0.4 is 15.5 Å². The van der Waals surface area contributed by atoms with E-state index < -0.39 is 0 Å². The molecule has 1 aliphatic rings. The highest BCUT2D eigenvalue weighted by Crippen LogP contribution is 2.23. The number of rotatable bonds is 8. The van der Waals surface area contributed by atoms with Gasteiger partial charge in [0, 0.05) is 29.8 Å². The number of aromatic nitrogens is 2. The largest absolute Gasteiger partial charge is 0.356 e. The fourth-order valence-electron chi connectivity index (χ4n) is 3.25. The molecule has 1 fully saturated rings. The van der Waals surface area contributed by atoms with Crippen molar-refractivity contribution in [3.63, 3.8) is 0 Å². The van der Waals surface area contributed by atoms with Gasteiger partial charge in [0.15, 0.2) is 5.82 Å². The first-order valence-electron chi connectivity index (χ1n) is 10.1. The smallest absolute Gasteiger partial charge is 0.234 e. The molecular formula is C21H26BrN5O2S. The third-order valence-electron chi connectivity index (χ3n) is 4.75. The third-order valence-corrected chi connectivity index (χ3v) is 6.16. The number of hydrogen-bond donors (Lipinski definition) is 2. The number of halogens is 1. The summed E-state index contributed by atoms with van der Waals surface area (Å²) in [7, 11) is 0. The van der Waals surface area contributed by atoms with Crippen molar-refractivity contribution >= 4 is 51.0 Å². The molecule has 2 amide bonds. The van der Waals surface area contributed by atoms with Crippen LogP contribution in [0.3, 0.4) is 0 Å². The zero-order valence-electron chi connectivity index (χ0n) is 16.9. The maximum Gasteiger partial charge on any atom is 0.234 e. The van der Waals surface area contributed by atoms with E-state index in [0.717, 1.165) is 48.3 Å². The van der Waals surface area contributed by atoms with Gasteiger partial charge in [-0.3, -0.25) is 9.59 Å². The molecule has 0 radical (unpaired) electrons. The number of benzene rings is 1. The SMILES string of the molecule is CCCNC(=O)C1CCCN(c2ccc(SCC(=O)Nc3cccc(Br)c3)nn2)C1. The summed E-state index contributed by atoms with van der Waals surface area (Å²) in [5.41, 5.74) is 0.749. The topological polar surface area (TPSA) is 87.2 Å². The molecule has 0 bridgehead atoms. The van der Waals surface area contributed by atoms with Crippen LogP contribution in [0.4, 0.5) is 11.5 Å². The number of amides is 2. The predicted molar refractivity (Wildman–Crippen MR) is 124 cm³/mol. The Morgan fingerprint density at radius 3 is 2.87 bits per heavy atom. The summed E-state index contributed by atoms with van der Waals surface area (Å²) in [6, 6.07) is 11.3. The van der Waals surface area contributed by atoms with E-state index in [-0.39, 0.29) is 23.5 Å². The van der Waals surface area contributed by atoms with Crippen LogP contribution >= 0.6 is 27.7 Å². The lowest BCUT2D eigenvalue weighted by molar-refractivity contribution is -0.125. The van der Waals surface area contributed by atoms with Crippen molar-refractivity contribution in [2.24, 2.45) is 5.92 Å². The van der Waals surface area contributed by atoms with Crippen LogP contribution in [0.2, 0.25) is 0 Å².